The van der Waals surface area contributed by atoms with Crippen LogP contribution in [0, 0.1) is 11.8 Å². The van der Waals surface area contributed by atoms with Gasteiger partial charge in [0.05, 0.1) is 15.8 Å². The lowest BCUT2D eigenvalue weighted by Gasteiger charge is -2.30. The molecule has 10 heteroatoms. The Kier molecular flexibility index (Phi) is 6.70. The number of aromatic nitrogens is 1. The second-order valence-corrected chi connectivity index (χ2v) is 10.4. The molecule has 2 atom stereocenters. The van der Waals surface area contributed by atoms with E-state index in [0.29, 0.717) is 28.0 Å². The van der Waals surface area contributed by atoms with E-state index >= 15 is 0 Å². The largest absolute Gasteiger partial charge is 0.508 e. The summed E-state index contributed by atoms with van der Waals surface area (Å²) in [6.45, 7) is 6.86. The van der Waals surface area contributed by atoms with Crippen LogP contribution < -0.4 is 10.3 Å². The number of amidine groups is 1. The molecule has 5 rings (SSSR count). The number of nitrogens with zero attached hydrogens (tertiary/aromatic N) is 5. The monoisotopic (exact) mass is 514 g/mol. The van der Waals surface area contributed by atoms with Gasteiger partial charge < -0.3 is 10.4 Å². The highest BCUT2D eigenvalue weighted by Gasteiger charge is 2.47. The van der Waals surface area contributed by atoms with Crippen LogP contribution in [0.2, 0.25) is 10.0 Å². The van der Waals surface area contributed by atoms with Crippen LogP contribution >= 0.6 is 23.2 Å². The lowest BCUT2D eigenvalue weighted by Crippen LogP contribution is -2.51. The van der Waals surface area contributed by atoms with Crippen molar-refractivity contribution < 1.29 is 9.90 Å². The van der Waals surface area contributed by atoms with Gasteiger partial charge in [0.25, 0.3) is 0 Å². The van der Waals surface area contributed by atoms with Crippen molar-refractivity contribution in [3.63, 3.8) is 0 Å². The number of rotatable bonds is 6. The molecule has 0 spiro atoms. The third kappa shape index (κ3) is 4.75. The van der Waals surface area contributed by atoms with E-state index < -0.39 is 12.1 Å². The van der Waals surface area contributed by atoms with Crippen LogP contribution in [0.3, 0.4) is 0 Å². The number of nitrogens with one attached hydrogen (secondary N) is 1. The van der Waals surface area contributed by atoms with Crippen LogP contribution in [0.1, 0.15) is 37.8 Å². The zero-order valence-corrected chi connectivity index (χ0v) is 21.2. The first-order valence-corrected chi connectivity index (χ1v) is 12.6. The summed E-state index contributed by atoms with van der Waals surface area (Å²) in [4.78, 5) is 24.5. The molecule has 2 aromatic rings. The first-order valence-electron chi connectivity index (χ1n) is 11.9. The molecule has 35 heavy (non-hydrogen) atoms. The Bertz CT molecular complexity index is 1190. The molecule has 184 valence electrons. The lowest BCUT2D eigenvalue weighted by molar-refractivity contribution is -0.122. The third-order valence-electron chi connectivity index (χ3n) is 6.69. The highest BCUT2D eigenvalue weighted by Crippen LogP contribution is 2.40. The van der Waals surface area contributed by atoms with Crippen molar-refractivity contribution in [3.05, 3.63) is 51.8 Å². The van der Waals surface area contributed by atoms with Crippen molar-refractivity contribution in [1.29, 1.82) is 0 Å². The number of likely N-dealkylation sites (tertiary alicyclic amines) is 1. The van der Waals surface area contributed by atoms with Gasteiger partial charge in [-0.15, -0.1) is 0 Å². The Balaban J connectivity index is 1.42. The molecular formula is C25H28Cl2N6O2. The number of carbonyl (C=O) groups excluding carboxylic acids is 1. The van der Waals surface area contributed by atoms with Crippen molar-refractivity contribution in [2.24, 2.45) is 21.9 Å². The molecule has 1 aromatic heterocycles. The van der Waals surface area contributed by atoms with Crippen LogP contribution in [-0.2, 0) is 17.8 Å². The standard InChI is InChI=1S/C25H28Cl2N6O2/c1-14(2)22-21-24(33(31-22)23-17(26)11-28-12-18(23)27)29-20(30-25(21)35)10-15-5-6-16(19(34)9-15)13-32-7-3-4-8-32/h5-6,9,11-12,14,21,24,34H,3-4,7-8,10,13H2,1-2H3,(H,29,30,35). The molecule has 0 radical (unpaired) electrons. The molecule has 4 heterocycles. The van der Waals surface area contributed by atoms with E-state index in [1.54, 1.807) is 11.1 Å². The van der Waals surface area contributed by atoms with Crippen molar-refractivity contribution in [3.8, 4) is 5.75 Å². The summed E-state index contributed by atoms with van der Waals surface area (Å²) >= 11 is 12.9. The normalized spacial score (nSPS) is 22.3. The minimum Gasteiger partial charge on any atom is -0.508 e. The van der Waals surface area contributed by atoms with Crippen LogP contribution in [0.5, 0.6) is 5.75 Å². The number of halogens is 2. The summed E-state index contributed by atoms with van der Waals surface area (Å²) in [5.41, 5.74) is 2.97. The molecule has 1 fully saturated rings. The molecule has 0 bridgehead atoms. The smallest absolute Gasteiger partial charge is 0.238 e. The number of pyridine rings is 1. The Morgan fingerprint density at radius 1 is 1.17 bits per heavy atom. The van der Waals surface area contributed by atoms with E-state index in [0.717, 1.165) is 36.5 Å². The molecule has 0 saturated carbocycles. The number of aromatic hydroxyl groups is 1. The van der Waals surface area contributed by atoms with Crippen molar-refractivity contribution in [2.45, 2.75) is 45.8 Å². The fraction of sp³-hybridized carbons (Fsp3) is 0.440. The molecule has 3 aliphatic heterocycles. The minimum atomic E-state index is -0.600. The average Bonchev–Trinajstić information content (AvgIpc) is 3.44. The van der Waals surface area contributed by atoms with E-state index in [-0.39, 0.29) is 17.6 Å². The molecule has 1 saturated heterocycles. The highest BCUT2D eigenvalue weighted by atomic mass is 35.5. The van der Waals surface area contributed by atoms with Gasteiger partial charge in [0.2, 0.25) is 5.91 Å². The second-order valence-electron chi connectivity index (χ2n) is 9.56. The molecule has 0 aliphatic carbocycles. The number of amides is 1. The number of carbonyl (C=O) groups is 1. The maximum absolute atomic E-state index is 13.2. The third-order valence-corrected chi connectivity index (χ3v) is 7.24. The second kappa shape index (κ2) is 9.76. The van der Waals surface area contributed by atoms with Gasteiger partial charge >= 0.3 is 0 Å². The van der Waals surface area contributed by atoms with E-state index in [4.69, 9.17) is 33.3 Å². The van der Waals surface area contributed by atoms with Crippen LogP contribution in [0.15, 0.2) is 40.7 Å². The number of benzene rings is 1. The number of fused-ring (bicyclic) bond motifs is 1. The summed E-state index contributed by atoms with van der Waals surface area (Å²) in [6, 6.07) is 5.69. The van der Waals surface area contributed by atoms with Crippen molar-refractivity contribution >= 4 is 46.3 Å². The summed E-state index contributed by atoms with van der Waals surface area (Å²) in [6.07, 6.45) is 5.18. The number of phenolic OH excluding ortho intramolecular Hbond substituents is 1. The number of hydrogen-bond acceptors (Lipinski definition) is 7. The van der Waals surface area contributed by atoms with Gasteiger partial charge in [0.15, 0.2) is 6.17 Å². The maximum Gasteiger partial charge on any atom is 0.238 e. The molecule has 1 aromatic carbocycles. The molecule has 1 amide bonds. The first kappa shape index (κ1) is 24.0. The number of phenols is 1. The zero-order valence-electron chi connectivity index (χ0n) is 19.7. The molecule has 3 aliphatic rings. The van der Waals surface area contributed by atoms with Crippen molar-refractivity contribution in [1.82, 2.24) is 15.2 Å². The molecule has 8 nitrogen and oxygen atoms in total. The quantitative estimate of drug-likeness (QED) is 0.601. The Morgan fingerprint density at radius 3 is 2.54 bits per heavy atom. The fourth-order valence-corrected chi connectivity index (χ4v) is 5.49. The summed E-state index contributed by atoms with van der Waals surface area (Å²) in [5, 5.41) is 20.6. The summed E-state index contributed by atoms with van der Waals surface area (Å²) in [7, 11) is 0. The van der Waals surface area contributed by atoms with Gasteiger partial charge in [-0.25, -0.2) is 10.0 Å². The molecular weight excluding hydrogens is 487 g/mol. The van der Waals surface area contributed by atoms with Gasteiger partial charge in [0.1, 0.15) is 23.2 Å². The van der Waals surface area contributed by atoms with E-state index in [9.17, 15) is 9.90 Å². The highest BCUT2D eigenvalue weighted by molar-refractivity contribution is 6.39. The number of aliphatic imine (C=N–C) groups is 1. The predicted molar refractivity (Wildman–Crippen MR) is 138 cm³/mol. The van der Waals surface area contributed by atoms with Gasteiger partial charge in [-0.1, -0.05) is 49.2 Å². The van der Waals surface area contributed by atoms with Crippen LogP contribution in [-0.4, -0.2) is 51.7 Å². The lowest BCUT2D eigenvalue weighted by atomic mass is 9.90. The van der Waals surface area contributed by atoms with Gasteiger partial charge in [-0.05, 0) is 43.5 Å². The fourth-order valence-electron chi connectivity index (χ4n) is 4.95. The maximum atomic E-state index is 13.2. The van der Waals surface area contributed by atoms with Crippen LogP contribution in [0.25, 0.3) is 0 Å². The Labute approximate surface area is 214 Å². The predicted octanol–water partition coefficient (Wildman–Crippen LogP) is 4.24. The van der Waals surface area contributed by atoms with E-state index in [2.05, 4.69) is 15.2 Å². The summed E-state index contributed by atoms with van der Waals surface area (Å²) in [5.74, 6) is 0.101. The minimum absolute atomic E-state index is 0.0366. The zero-order chi connectivity index (χ0) is 24.7. The van der Waals surface area contributed by atoms with Gasteiger partial charge in [0, 0.05) is 30.9 Å². The molecule has 2 N–H and O–H groups in total. The SMILES string of the molecule is CC(C)C1=NN(c2c(Cl)cncc2Cl)C2N=C(Cc3ccc(CN4CCCC4)c(O)c3)NC(=O)C12. The van der Waals surface area contributed by atoms with E-state index in [1.807, 2.05) is 26.0 Å². The topological polar surface area (TPSA) is 93.4 Å². The first-order chi connectivity index (χ1) is 16.8. The molecule has 2 unspecified atom stereocenters. The summed E-state index contributed by atoms with van der Waals surface area (Å²) < 4.78 is 0. The van der Waals surface area contributed by atoms with Gasteiger partial charge in [-0.2, -0.15) is 5.10 Å². The average molecular weight is 515 g/mol. The Morgan fingerprint density at radius 2 is 1.89 bits per heavy atom. The number of hydrogen-bond donors (Lipinski definition) is 2. The Hall–Kier alpha value is -2.68. The van der Waals surface area contributed by atoms with Crippen LogP contribution in [0.4, 0.5) is 5.69 Å². The van der Waals surface area contributed by atoms with Gasteiger partial charge in [-0.3, -0.25) is 14.7 Å². The van der Waals surface area contributed by atoms with E-state index in [1.165, 1.54) is 25.2 Å². The van der Waals surface area contributed by atoms with Crippen molar-refractivity contribution in [2.75, 3.05) is 18.1 Å². The number of hydrazone groups is 1. The number of anilines is 1.